The third-order valence-electron chi connectivity index (χ3n) is 4.52. The zero-order chi connectivity index (χ0) is 15.5. The van der Waals surface area contributed by atoms with E-state index in [1.807, 2.05) is 31.2 Å². The van der Waals surface area contributed by atoms with Crippen molar-refractivity contribution in [2.75, 3.05) is 12.3 Å². The Hall–Kier alpha value is -1.84. The number of nitrogen functional groups attached to an aromatic ring is 1. The molecule has 0 aromatic heterocycles. The summed E-state index contributed by atoms with van der Waals surface area (Å²) in [6.07, 6.45) is 3.56. The molecule has 0 aliphatic carbocycles. The van der Waals surface area contributed by atoms with Gasteiger partial charge < -0.3 is 5.73 Å². The summed E-state index contributed by atoms with van der Waals surface area (Å²) >= 11 is 0. The molecule has 2 amide bonds. The van der Waals surface area contributed by atoms with Gasteiger partial charge in [0.15, 0.2) is 0 Å². The highest BCUT2D eigenvalue weighted by molar-refractivity contribution is 6.03. The zero-order valence-corrected chi connectivity index (χ0v) is 12.9. The molecule has 4 heteroatoms. The SMILES string of the molecule is CCCCN1C(=O)CCC(CC)(c2ccc(N)cc2)C1=O. The molecular weight excluding hydrogens is 264 g/mol. The van der Waals surface area contributed by atoms with Gasteiger partial charge in [-0.05, 0) is 37.0 Å². The van der Waals surface area contributed by atoms with Crippen LogP contribution in [0, 0.1) is 0 Å². The summed E-state index contributed by atoms with van der Waals surface area (Å²) in [5, 5.41) is 0. The van der Waals surface area contributed by atoms with E-state index < -0.39 is 5.41 Å². The first kappa shape index (κ1) is 15.5. The average Bonchev–Trinajstić information content (AvgIpc) is 2.49. The molecule has 1 aromatic rings. The van der Waals surface area contributed by atoms with Gasteiger partial charge in [-0.25, -0.2) is 0 Å². The van der Waals surface area contributed by atoms with Crippen LogP contribution < -0.4 is 5.73 Å². The van der Waals surface area contributed by atoms with E-state index in [-0.39, 0.29) is 11.8 Å². The highest BCUT2D eigenvalue weighted by Gasteiger charge is 2.46. The van der Waals surface area contributed by atoms with E-state index in [4.69, 9.17) is 5.73 Å². The quantitative estimate of drug-likeness (QED) is 0.669. The highest BCUT2D eigenvalue weighted by atomic mass is 16.2. The number of nitrogens with zero attached hydrogens (tertiary/aromatic N) is 1. The molecule has 1 aromatic carbocycles. The number of benzene rings is 1. The second-order valence-electron chi connectivity index (χ2n) is 5.76. The number of imide groups is 1. The smallest absolute Gasteiger partial charge is 0.239 e. The lowest BCUT2D eigenvalue weighted by Crippen LogP contribution is -2.54. The van der Waals surface area contributed by atoms with E-state index in [1.165, 1.54) is 4.90 Å². The van der Waals surface area contributed by atoms with Gasteiger partial charge >= 0.3 is 0 Å². The summed E-state index contributed by atoms with van der Waals surface area (Å²) in [6, 6.07) is 7.49. The minimum absolute atomic E-state index is 0.0343. The molecule has 1 saturated heterocycles. The fourth-order valence-corrected chi connectivity index (χ4v) is 3.08. The number of piperidine rings is 1. The first-order chi connectivity index (χ1) is 10.0. The van der Waals surface area contributed by atoms with Gasteiger partial charge in [-0.2, -0.15) is 0 Å². The van der Waals surface area contributed by atoms with Crippen LogP contribution in [0.25, 0.3) is 0 Å². The van der Waals surface area contributed by atoms with Crippen LogP contribution in [0.2, 0.25) is 0 Å². The topological polar surface area (TPSA) is 63.4 Å². The van der Waals surface area contributed by atoms with Gasteiger partial charge in [-0.1, -0.05) is 32.4 Å². The molecule has 2 N–H and O–H groups in total. The van der Waals surface area contributed by atoms with Gasteiger partial charge in [-0.3, -0.25) is 14.5 Å². The fraction of sp³-hybridized carbons (Fsp3) is 0.529. The van der Waals surface area contributed by atoms with E-state index in [1.54, 1.807) is 0 Å². The number of unbranched alkanes of at least 4 members (excludes halogenated alkanes) is 1. The van der Waals surface area contributed by atoms with Crippen molar-refractivity contribution in [1.29, 1.82) is 0 Å². The Morgan fingerprint density at radius 3 is 2.43 bits per heavy atom. The van der Waals surface area contributed by atoms with Crippen molar-refractivity contribution in [1.82, 2.24) is 4.90 Å². The van der Waals surface area contributed by atoms with Crippen LogP contribution in [-0.4, -0.2) is 23.3 Å². The molecule has 1 atom stereocenters. The Morgan fingerprint density at radius 2 is 1.86 bits per heavy atom. The summed E-state index contributed by atoms with van der Waals surface area (Å²) in [6.45, 7) is 4.61. The van der Waals surface area contributed by atoms with Crippen LogP contribution in [0.15, 0.2) is 24.3 Å². The van der Waals surface area contributed by atoms with Crippen molar-refractivity contribution in [3.05, 3.63) is 29.8 Å². The maximum atomic E-state index is 13.0. The molecule has 4 nitrogen and oxygen atoms in total. The van der Waals surface area contributed by atoms with Gasteiger partial charge in [0.2, 0.25) is 11.8 Å². The lowest BCUT2D eigenvalue weighted by Gasteiger charge is -2.40. The maximum Gasteiger partial charge on any atom is 0.239 e. The first-order valence-electron chi connectivity index (χ1n) is 7.76. The molecule has 0 spiro atoms. The summed E-state index contributed by atoms with van der Waals surface area (Å²) < 4.78 is 0. The number of anilines is 1. The number of rotatable bonds is 5. The van der Waals surface area contributed by atoms with Gasteiger partial charge in [0, 0.05) is 18.7 Å². The Kier molecular flexibility index (Phi) is 4.66. The van der Waals surface area contributed by atoms with Crippen molar-refractivity contribution >= 4 is 17.5 Å². The van der Waals surface area contributed by atoms with Crippen molar-refractivity contribution < 1.29 is 9.59 Å². The van der Waals surface area contributed by atoms with Crippen molar-refractivity contribution in [2.24, 2.45) is 0 Å². The van der Waals surface area contributed by atoms with E-state index in [0.29, 0.717) is 31.5 Å². The Balaban J connectivity index is 2.35. The largest absolute Gasteiger partial charge is 0.399 e. The maximum absolute atomic E-state index is 13.0. The zero-order valence-electron chi connectivity index (χ0n) is 12.9. The van der Waals surface area contributed by atoms with Crippen LogP contribution in [-0.2, 0) is 15.0 Å². The van der Waals surface area contributed by atoms with Gasteiger partial charge in [-0.15, -0.1) is 0 Å². The summed E-state index contributed by atoms with van der Waals surface area (Å²) in [4.78, 5) is 26.5. The number of carbonyl (C=O) groups excluding carboxylic acids is 2. The lowest BCUT2D eigenvalue weighted by molar-refractivity contribution is -0.153. The fourth-order valence-electron chi connectivity index (χ4n) is 3.08. The molecule has 2 rings (SSSR count). The molecule has 1 heterocycles. The van der Waals surface area contributed by atoms with E-state index >= 15 is 0 Å². The summed E-state index contributed by atoms with van der Waals surface area (Å²) in [5.74, 6) is -0.0764. The van der Waals surface area contributed by atoms with Crippen molar-refractivity contribution in [3.63, 3.8) is 0 Å². The molecule has 0 saturated carbocycles. The average molecular weight is 288 g/mol. The van der Waals surface area contributed by atoms with Crippen LogP contribution in [0.1, 0.15) is 51.5 Å². The van der Waals surface area contributed by atoms with Gasteiger partial charge in [0.25, 0.3) is 0 Å². The third-order valence-corrected chi connectivity index (χ3v) is 4.52. The molecule has 1 unspecified atom stereocenters. The van der Waals surface area contributed by atoms with Crippen LogP contribution in [0.3, 0.4) is 0 Å². The van der Waals surface area contributed by atoms with Crippen LogP contribution >= 0.6 is 0 Å². The number of hydrogen-bond acceptors (Lipinski definition) is 3. The predicted octanol–water partition coefficient (Wildman–Crippen LogP) is 2.87. The van der Waals surface area contributed by atoms with Crippen LogP contribution in [0.5, 0.6) is 0 Å². The second-order valence-corrected chi connectivity index (χ2v) is 5.76. The molecule has 114 valence electrons. The number of hydrogen-bond donors (Lipinski definition) is 1. The van der Waals surface area contributed by atoms with E-state index in [2.05, 4.69) is 6.92 Å². The molecular formula is C17H24N2O2. The minimum atomic E-state index is -0.574. The van der Waals surface area contributed by atoms with Gasteiger partial charge in [0.05, 0.1) is 5.41 Å². The predicted molar refractivity (Wildman–Crippen MR) is 83.7 cm³/mol. The van der Waals surface area contributed by atoms with Gasteiger partial charge in [0.1, 0.15) is 0 Å². The molecule has 21 heavy (non-hydrogen) atoms. The molecule has 1 aliphatic rings. The van der Waals surface area contributed by atoms with E-state index in [0.717, 1.165) is 18.4 Å². The minimum Gasteiger partial charge on any atom is -0.399 e. The number of likely N-dealkylation sites (tertiary alicyclic amines) is 1. The normalized spacial score (nSPS) is 22.7. The Morgan fingerprint density at radius 1 is 1.19 bits per heavy atom. The Labute approximate surface area is 126 Å². The number of amides is 2. The third kappa shape index (κ3) is 2.80. The molecule has 1 fully saturated rings. The molecule has 0 bridgehead atoms. The summed E-state index contributed by atoms with van der Waals surface area (Å²) in [5.41, 5.74) is 6.82. The Bertz CT molecular complexity index is 524. The second kappa shape index (κ2) is 6.29. The van der Waals surface area contributed by atoms with Crippen molar-refractivity contribution in [3.8, 4) is 0 Å². The van der Waals surface area contributed by atoms with Crippen molar-refractivity contribution in [2.45, 2.75) is 51.4 Å². The molecule has 0 radical (unpaired) electrons. The number of carbonyl (C=O) groups is 2. The first-order valence-corrected chi connectivity index (χ1v) is 7.76. The summed E-state index contributed by atoms with van der Waals surface area (Å²) in [7, 11) is 0. The number of nitrogens with two attached hydrogens (primary N) is 1. The van der Waals surface area contributed by atoms with Crippen LogP contribution in [0.4, 0.5) is 5.69 Å². The van der Waals surface area contributed by atoms with E-state index in [9.17, 15) is 9.59 Å². The highest BCUT2D eigenvalue weighted by Crippen LogP contribution is 2.39. The lowest BCUT2D eigenvalue weighted by atomic mass is 9.71. The standard InChI is InChI=1S/C17H24N2O2/c1-3-5-12-19-15(20)10-11-17(4-2,16(19)21)13-6-8-14(18)9-7-13/h6-9H,3-5,10-12,18H2,1-2H3. The monoisotopic (exact) mass is 288 g/mol. The molecule has 1 aliphatic heterocycles.